The van der Waals surface area contributed by atoms with Crippen LogP contribution in [0.1, 0.15) is 616 Å². The lowest BCUT2D eigenvalue weighted by molar-refractivity contribution is -0.138. The fraction of sp³-hybridized carbons (Fsp3) is 0.962. The molecule has 0 aromatic heterocycles. The van der Waals surface area contributed by atoms with Crippen molar-refractivity contribution in [3.63, 3.8) is 0 Å². The summed E-state index contributed by atoms with van der Waals surface area (Å²) >= 11 is 0. The molecule has 0 bridgehead atoms. The molecule has 0 aliphatic carbocycles. The number of hydrogen-bond acceptors (Lipinski definition) is 6. The summed E-state index contributed by atoms with van der Waals surface area (Å²) in [5.74, 6) is -2.60. The van der Waals surface area contributed by atoms with Crippen molar-refractivity contribution in [2.45, 2.75) is 616 Å². The van der Waals surface area contributed by atoms with Crippen LogP contribution >= 0.6 is 0 Å². The zero-order valence-corrected chi connectivity index (χ0v) is 78.4. The Labute approximate surface area is 724 Å². The van der Waals surface area contributed by atoms with Crippen LogP contribution in [-0.4, -0.2) is 93.4 Å². The molecule has 0 saturated heterocycles. The lowest BCUT2D eigenvalue weighted by atomic mass is 10.0. The molecular formula is C106H208N2O8. The number of carbonyl (C=O) groups is 4. The van der Waals surface area contributed by atoms with Crippen molar-refractivity contribution in [1.82, 2.24) is 9.80 Å². The van der Waals surface area contributed by atoms with Crippen LogP contribution in [-0.2, 0) is 19.2 Å². The highest BCUT2D eigenvalue weighted by molar-refractivity contribution is 5.67. The van der Waals surface area contributed by atoms with Gasteiger partial charge in [-0.3, -0.25) is 19.2 Å². The topological polar surface area (TPSA) is 156 Å². The average molecular weight is 1640 g/mol. The van der Waals surface area contributed by atoms with Gasteiger partial charge in [-0.2, -0.15) is 0 Å². The minimum absolute atomic E-state index is 0.336. The van der Waals surface area contributed by atoms with Gasteiger partial charge in [0.05, 0.1) is 0 Å². The average Bonchev–Trinajstić information content (AvgIpc) is 0.964. The first-order valence-corrected chi connectivity index (χ1v) is 53.5. The molecule has 116 heavy (non-hydrogen) atoms. The van der Waals surface area contributed by atoms with Gasteiger partial charge in [0.25, 0.3) is 0 Å². The van der Waals surface area contributed by atoms with E-state index in [9.17, 15) is 19.2 Å². The van der Waals surface area contributed by atoms with Crippen molar-refractivity contribution in [3.05, 3.63) is 0 Å². The van der Waals surface area contributed by atoms with Gasteiger partial charge in [-0.05, 0) is 77.5 Å². The van der Waals surface area contributed by atoms with Crippen molar-refractivity contribution in [2.75, 3.05) is 39.3 Å². The van der Waals surface area contributed by atoms with Crippen LogP contribution in [0, 0.1) is 0 Å². The van der Waals surface area contributed by atoms with Crippen LogP contribution in [0.3, 0.4) is 0 Å². The van der Waals surface area contributed by atoms with E-state index in [-0.39, 0.29) is 0 Å². The molecule has 0 rings (SSSR count). The zero-order valence-electron chi connectivity index (χ0n) is 78.4. The van der Waals surface area contributed by atoms with E-state index in [1.54, 1.807) is 0 Å². The van der Waals surface area contributed by atoms with E-state index in [1.165, 1.54) is 579 Å². The summed E-state index contributed by atoms with van der Waals surface area (Å²) in [5.41, 5.74) is 0. The predicted octanol–water partition coefficient (Wildman–Crippen LogP) is 35.4. The normalized spacial score (nSPS) is 11.8. The van der Waals surface area contributed by atoms with E-state index in [0.29, 0.717) is 25.7 Å². The van der Waals surface area contributed by atoms with Crippen molar-refractivity contribution in [3.8, 4) is 0 Å². The maximum Gasteiger partial charge on any atom is 0.303 e. The van der Waals surface area contributed by atoms with Gasteiger partial charge in [-0.1, -0.05) is 539 Å². The molecular weight excluding hydrogens is 1430 g/mol. The number of unbranched alkanes of at least 4 members (excludes halogenated alkanes) is 88. The van der Waals surface area contributed by atoms with E-state index in [0.717, 1.165) is 51.4 Å². The van der Waals surface area contributed by atoms with E-state index in [2.05, 4.69) is 9.80 Å². The molecule has 0 aromatic carbocycles. The Morgan fingerprint density at radius 1 is 0.103 bits per heavy atom. The Kier molecular flexibility index (Phi) is 99.7. The number of carboxylic acid groups (broad SMARTS) is 4. The molecule has 4 N–H and O–H groups in total. The number of carboxylic acids is 4. The van der Waals surface area contributed by atoms with Gasteiger partial charge >= 0.3 is 23.9 Å². The summed E-state index contributed by atoms with van der Waals surface area (Å²) < 4.78 is 0. The van der Waals surface area contributed by atoms with Crippen LogP contribution in [0.4, 0.5) is 0 Å². The quantitative estimate of drug-likeness (QED) is 0.0433. The highest BCUT2D eigenvalue weighted by Gasteiger charge is 2.12. The minimum Gasteiger partial charge on any atom is -0.481 e. The Morgan fingerprint density at radius 2 is 0.172 bits per heavy atom. The second-order valence-corrected chi connectivity index (χ2v) is 37.8. The van der Waals surface area contributed by atoms with Crippen LogP contribution in [0.15, 0.2) is 0 Å². The zero-order chi connectivity index (χ0) is 83.6. The molecule has 0 radical (unpaired) electrons. The maximum absolute atomic E-state index is 10.7. The van der Waals surface area contributed by atoms with Crippen LogP contribution in [0.2, 0.25) is 0 Å². The monoisotopic (exact) mass is 1640 g/mol. The maximum atomic E-state index is 10.7. The van der Waals surface area contributed by atoms with Gasteiger partial charge in [-0.25, -0.2) is 0 Å². The lowest BCUT2D eigenvalue weighted by Crippen LogP contribution is -2.37. The molecule has 0 unspecified atom stereocenters. The third-order valence-corrected chi connectivity index (χ3v) is 26.2. The van der Waals surface area contributed by atoms with E-state index in [1.807, 2.05) is 0 Å². The summed E-state index contributed by atoms with van der Waals surface area (Å²) in [7, 11) is 0. The summed E-state index contributed by atoms with van der Waals surface area (Å²) in [6.07, 6.45) is 127. The van der Waals surface area contributed by atoms with Gasteiger partial charge < -0.3 is 30.2 Å². The Bertz CT molecular complexity index is 1640. The Hall–Kier alpha value is -2.20. The summed E-state index contributed by atoms with van der Waals surface area (Å²) in [6.45, 7) is 7.78. The molecule has 0 fully saturated rings. The lowest BCUT2D eigenvalue weighted by Gasteiger charge is -2.28. The molecule has 0 aliphatic rings. The molecule has 0 spiro atoms. The fourth-order valence-electron chi connectivity index (χ4n) is 18.2. The number of aliphatic carboxylic acids is 4. The Balaban J connectivity index is 4.95. The summed E-state index contributed by atoms with van der Waals surface area (Å²) in [4.78, 5) is 48.6. The van der Waals surface area contributed by atoms with Crippen molar-refractivity contribution in [2.24, 2.45) is 0 Å². The fourth-order valence-corrected chi connectivity index (χ4v) is 18.2. The Morgan fingerprint density at radius 3 is 0.250 bits per heavy atom. The molecule has 0 saturated carbocycles. The standard InChI is InChI=1S/C106H208N2O8/c109-103(110)93-85-77-69-61-53-45-37-29-21-13-5-1-9-17-25-33-41-49-57-65-73-81-89-97-107(98-90-82-74-66-58-50-42-34-26-18-10-2-6-14-22-30-38-46-54-62-70-78-86-94-104(111)112)101-102-108(99-91-83-75-67-59-51-43-35-27-19-11-3-7-15-23-31-39-47-55-63-71-79-87-95-105(113)114)100-92-84-76-68-60-52-44-36-28-20-12-4-8-16-24-32-40-48-56-64-72-80-88-96-106(115)116/h1-102H2,(H,109,110)(H,111,112)(H,113,114)(H,115,116). The molecule has 0 aromatic rings. The third-order valence-electron chi connectivity index (χ3n) is 26.2. The van der Waals surface area contributed by atoms with Crippen molar-refractivity contribution >= 4 is 23.9 Å². The van der Waals surface area contributed by atoms with Gasteiger partial charge in [-0.15, -0.1) is 0 Å². The first kappa shape index (κ1) is 114. The second-order valence-electron chi connectivity index (χ2n) is 37.8. The largest absolute Gasteiger partial charge is 0.481 e. The third kappa shape index (κ3) is 104. The highest BCUT2D eigenvalue weighted by Crippen LogP contribution is 2.24. The molecule has 0 atom stereocenters. The van der Waals surface area contributed by atoms with Gasteiger partial charge in [0.1, 0.15) is 0 Å². The number of rotatable bonds is 107. The molecule has 0 amide bonds. The number of nitrogens with zero attached hydrogens (tertiary/aromatic N) is 2. The first-order chi connectivity index (χ1) is 57.2. The summed E-state index contributed by atoms with van der Waals surface area (Å²) in [5, 5.41) is 35.2. The molecule has 0 aliphatic heterocycles. The van der Waals surface area contributed by atoms with Gasteiger partial charge in [0.2, 0.25) is 0 Å². The SMILES string of the molecule is O=C(O)CCCCCCCCCCCCCCCCCCCCCCCCCN(CCCCCCCCCCCCCCCCCCCCCCCCCC(=O)O)CCN(CCCCCCCCCCCCCCCCCCCCCCCCCC(=O)O)CCCCCCCCCCCCCCCCCCCCCCCCCC(=O)O. The van der Waals surface area contributed by atoms with Crippen molar-refractivity contribution < 1.29 is 39.6 Å². The van der Waals surface area contributed by atoms with Crippen molar-refractivity contribution in [1.29, 1.82) is 0 Å². The van der Waals surface area contributed by atoms with Crippen LogP contribution < -0.4 is 0 Å². The number of hydrogen-bond donors (Lipinski definition) is 4. The smallest absolute Gasteiger partial charge is 0.303 e. The van der Waals surface area contributed by atoms with Crippen LogP contribution in [0.5, 0.6) is 0 Å². The molecule has 0 heterocycles. The molecule has 690 valence electrons. The van der Waals surface area contributed by atoms with Gasteiger partial charge in [0.15, 0.2) is 0 Å². The second kappa shape index (κ2) is 102. The van der Waals surface area contributed by atoms with E-state index >= 15 is 0 Å². The van der Waals surface area contributed by atoms with Gasteiger partial charge in [0, 0.05) is 38.8 Å². The van der Waals surface area contributed by atoms with E-state index < -0.39 is 23.9 Å². The molecule has 10 heteroatoms. The highest BCUT2D eigenvalue weighted by atomic mass is 16.4. The minimum atomic E-state index is -0.651. The predicted molar refractivity (Wildman–Crippen MR) is 507 cm³/mol. The molecule has 10 nitrogen and oxygen atoms in total. The van der Waals surface area contributed by atoms with Crippen LogP contribution in [0.25, 0.3) is 0 Å². The van der Waals surface area contributed by atoms with E-state index in [4.69, 9.17) is 20.4 Å². The summed E-state index contributed by atoms with van der Waals surface area (Å²) in [6, 6.07) is 0. The first-order valence-electron chi connectivity index (χ1n) is 53.5.